The molecule has 7 aliphatic rings. The predicted octanol–water partition coefficient (Wildman–Crippen LogP) is -17.4. The van der Waals surface area contributed by atoms with Gasteiger partial charge in [0.1, 0.15) is 146 Å². The molecule has 0 aliphatic carbocycles. The number of likely N-dealkylation sites (tertiary alicyclic amines) is 2. The highest BCUT2D eigenvalue weighted by atomic mass is 16.8. The first kappa shape index (κ1) is 111. The smallest absolute Gasteiger partial charge is 0.364 e. The molecule has 7 rings (SSSR count). The van der Waals surface area contributed by atoms with E-state index in [-0.39, 0.29) is 64.1 Å². The number of aliphatic carboxylic acids is 2. The quantitative estimate of drug-likeness (QED) is 0.0153. The third-order valence-electron chi connectivity index (χ3n) is 23.4. The van der Waals surface area contributed by atoms with E-state index in [2.05, 4.69) is 68.8 Å². The van der Waals surface area contributed by atoms with E-state index in [0.29, 0.717) is 19.4 Å². The molecular weight excluding hydrogens is 1800 g/mol. The molecule has 7 aliphatic heterocycles. The number of nitrogens with two attached hydrogens (primary N) is 2. The Morgan fingerprint density at radius 1 is 0.530 bits per heavy atom. The zero-order valence-corrected chi connectivity index (χ0v) is 74.6. The van der Waals surface area contributed by atoms with Gasteiger partial charge in [-0.2, -0.15) is 0 Å². The number of carbonyl (C=O) groups is 15. The van der Waals surface area contributed by atoms with Crippen molar-refractivity contribution < 1.29 is 192 Å². The van der Waals surface area contributed by atoms with Gasteiger partial charge in [-0.05, 0) is 76.7 Å². The number of hydrogen-bond donors (Lipinski definition) is 30. The average molecular weight is 1930 g/mol. The standard InChI is InChI=1S/C78H129N17O39/c1-30(2)49(92-68(119)41-15-11-19-95(41)71(122)50(31(3)4)93-66(117)38(24-97)90-64(115)35-12-8-16-81-35)69(120)91-39(63(114)83-21-48(107)89-37(23-96)65(116)85-32(5)70(121)94-18-10-14-40(94)67(118)84-22-47(106)88-36(72(123)124)13-9-17-82-77(79)80)29-127-73-52(87-34(7)103)61(132-74-57(112)56(111)54(109)44(26-99)128-74)59(46(28-101)130-73)131-75-58(113)62(55(110)45(27-100)129-75)134-78(76(125)126)20-42(104)51(86-33(6)102)60(133-78)53(108)43(105)25-98/h30-32,35-46,49-62,73-75,81,96-101,104-105,108-113H,8-29H2,1-7H3,(H,83,114)(H,84,118)(H,85,116)(H,86,102)(H,87,103)(H,88,106)(H,89,107)(H,90,115)(H,91,120)(H,92,119)(H,93,117)(H,123,124)(H,125,126)(H4,79,80,82)/t32-,35-,36-,37-,38-,39-,40-,41-,42-,43+,44-,45+,46+,49-,50-,51+,52+,53+,54+,55-,56+,57-,58+,59+,60+,61+,62-,73+,74-,75-,78-/m0/s1. The highest BCUT2D eigenvalue weighted by molar-refractivity contribution is 5.99. The number of guanidine groups is 1. The number of rotatable bonds is 47. The van der Waals surface area contributed by atoms with Crippen molar-refractivity contribution in [3.8, 4) is 0 Å². The largest absolute Gasteiger partial charge is 0.480 e. The Kier molecular flexibility index (Phi) is 42.8. The van der Waals surface area contributed by atoms with Crippen molar-refractivity contribution in [3.63, 3.8) is 0 Å². The van der Waals surface area contributed by atoms with Crippen LogP contribution in [-0.2, 0) is 110 Å². The summed E-state index contributed by atoms with van der Waals surface area (Å²) in [6.45, 7) is -0.687. The first-order valence-electron chi connectivity index (χ1n) is 43.6. The molecule has 760 valence electrons. The molecule has 134 heavy (non-hydrogen) atoms. The van der Waals surface area contributed by atoms with E-state index in [9.17, 15) is 149 Å². The molecule has 56 heteroatoms. The van der Waals surface area contributed by atoms with E-state index in [0.717, 1.165) is 23.6 Å². The van der Waals surface area contributed by atoms with Crippen molar-refractivity contribution in [2.45, 2.75) is 295 Å². The maximum atomic E-state index is 15.1. The van der Waals surface area contributed by atoms with Crippen molar-refractivity contribution in [2.24, 2.45) is 28.3 Å². The Morgan fingerprint density at radius 2 is 1.07 bits per heavy atom. The van der Waals surface area contributed by atoms with E-state index in [1.54, 1.807) is 13.8 Å². The number of carbonyl (C=O) groups excluding carboxylic acids is 13. The van der Waals surface area contributed by atoms with Gasteiger partial charge in [0.05, 0.1) is 77.5 Å². The lowest BCUT2D eigenvalue weighted by Gasteiger charge is -2.51. The molecule has 0 spiro atoms. The number of aliphatic hydroxyl groups excluding tert-OH is 14. The van der Waals surface area contributed by atoms with Gasteiger partial charge in [0.2, 0.25) is 76.8 Å². The molecule has 0 radical (unpaired) electrons. The van der Waals surface area contributed by atoms with E-state index in [1.165, 1.54) is 20.8 Å². The molecule has 0 saturated carbocycles. The zero-order chi connectivity index (χ0) is 99.8. The van der Waals surface area contributed by atoms with Crippen LogP contribution in [0.1, 0.15) is 106 Å². The molecule has 0 bridgehead atoms. The lowest BCUT2D eigenvalue weighted by atomic mass is 9.88. The molecule has 31 atom stereocenters. The summed E-state index contributed by atoms with van der Waals surface area (Å²) in [7, 11) is 0. The molecule has 0 aromatic rings. The number of aliphatic imine (C=N–C) groups is 1. The number of carboxylic acid groups (broad SMARTS) is 2. The van der Waals surface area contributed by atoms with Crippen molar-refractivity contribution in [2.75, 3.05) is 85.5 Å². The molecule has 0 unspecified atom stereocenters. The topological polar surface area (TPSA) is 869 Å². The first-order valence-corrected chi connectivity index (χ1v) is 43.6. The Labute approximate surface area is 766 Å². The van der Waals surface area contributed by atoms with Gasteiger partial charge in [-0.1, -0.05) is 27.7 Å². The van der Waals surface area contributed by atoms with Crippen LogP contribution in [0.5, 0.6) is 0 Å². The molecule has 7 heterocycles. The van der Waals surface area contributed by atoms with Crippen molar-refractivity contribution in [1.82, 2.24) is 73.6 Å². The molecule has 7 fully saturated rings. The molecule has 0 aromatic carbocycles. The summed E-state index contributed by atoms with van der Waals surface area (Å²) in [4.78, 5) is 211. The van der Waals surface area contributed by atoms with Crippen LogP contribution in [0.15, 0.2) is 4.99 Å². The van der Waals surface area contributed by atoms with Gasteiger partial charge in [-0.3, -0.25) is 67.3 Å². The average Bonchev–Trinajstić information content (AvgIpc) is 1.39. The molecule has 0 aromatic heterocycles. The van der Waals surface area contributed by atoms with Crippen LogP contribution < -0.4 is 75.3 Å². The summed E-state index contributed by atoms with van der Waals surface area (Å²) in [5, 5.41) is 203. The second kappa shape index (κ2) is 51.5. The van der Waals surface area contributed by atoms with E-state index >= 15 is 4.79 Å². The first-order chi connectivity index (χ1) is 63.2. The van der Waals surface area contributed by atoms with Crippen LogP contribution in [0.25, 0.3) is 0 Å². The SMILES string of the molecule is CC(=O)N[C@H]1[C@H](OC[C@H](NC(=O)[C@@H](NC(=O)[C@@H]2CCCN2C(=O)[C@@H](NC(=O)[C@H](CO)NC(=O)[C@@H]2CCCN2)C(C)C)C(C)C)C(=O)NCC(=O)N[C@@H](CO)C(=O)N[C@@H](C)C(=O)N2CCC[C@H]2C(=O)NCC(=O)N[C@@H](CCCN=C(N)N)C(=O)O)O[C@H](CO)[C@@H](O[C@@H]2O[C@H](CO)[C@H](O)[C@H](O[C@]3(C(=O)O)C[C@H](O)[C@@H](NC(C)=O)[C@H]([C@H](O)[C@H](O)CO)O3)[C@H]2O)[C@@H]1O[C@@H]1O[C@@H](CO)[C@@H](O)[C@@H](O)[C@@H]1O. The summed E-state index contributed by atoms with van der Waals surface area (Å²) in [5.74, 6) is -21.8. The van der Waals surface area contributed by atoms with Gasteiger partial charge in [0.15, 0.2) is 24.8 Å². The third-order valence-corrected chi connectivity index (χ3v) is 23.4. The van der Waals surface area contributed by atoms with Gasteiger partial charge in [-0.25, -0.2) is 9.59 Å². The summed E-state index contributed by atoms with van der Waals surface area (Å²) >= 11 is 0. The number of hydrogen-bond acceptors (Lipinski definition) is 39. The fourth-order valence-corrected chi connectivity index (χ4v) is 16.2. The second-order valence-corrected chi connectivity index (χ2v) is 34.0. The summed E-state index contributed by atoms with van der Waals surface area (Å²) < 4.78 is 48.1. The van der Waals surface area contributed by atoms with E-state index < -0.39 is 355 Å². The molecular formula is C78H129N17O39. The monoisotopic (exact) mass is 1930 g/mol. The fourth-order valence-electron chi connectivity index (χ4n) is 16.2. The van der Waals surface area contributed by atoms with Crippen LogP contribution in [0.2, 0.25) is 0 Å². The number of amides is 13. The van der Waals surface area contributed by atoms with E-state index in [1.807, 2.05) is 0 Å². The minimum atomic E-state index is -3.36. The molecule has 7 saturated heterocycles. The van der Waals surface area contributed by atoms with Crippen molar-refractivity contribution in [1.29, 1.82) is 0 Å². The van der Waals surface area contributed by atoms with Crippen molar-refractivity contribution in [3.05, 3.63) is 0 Å². The molecule has 56 nitrogen and oxygen atoms in total. The van der Waals surface area contributed by atoms with E-state index in [4.69, 9.17) is 49.4 Å². The Bertz CT molecular complexity index is 4040. The lowest BCUT2D eigenvalue weighted by Crippen LogP contribution is -2.71. The second-order valence-electron chi connectivity index (χ2n) is 34.0. The minimum absolute atomic E-state index is 0.0284. The zero-order valence-electron chi connectivity index (χ0n) is 74.6. The number of ether oxygens (including phenoxy) is 8. The van der Waals surface area contributed by atoms with Gasteiger partial charge in [-0.15, -0.1) is 0 Å². The number of nitrogens with zero attached hydrogens (tertiary/aromatic N) is 3. The molecule has 32 N–H and O–H groups in total. The van der Waals surface area contributed by atoms with Crippen molar-refractivity contribution >= 4 is 94.7 Å². The maximum absolute atomic E-state index is 15.1. The number of nitrogens with one attached hydrogen (secondary N) is 12. The number of aliphatic hydroxyl groups is 14. The Balaban J connectivity index is 1.18. The minimum Gasteiger partial charge on any atom is -0.480 e. The lowest BCUT2D eigenvalue weighted by molar-refractivity contribution is -0.391. The number of carboxylic acids is 2. The van der Waals surface area contributed by atoms with Gasteiger partial charge in [0, 0.05) is 39.9 Å². The maximum Gasteiger partial charge on any atom is 0.364 e. The third kappa shape index (κ3) is 29.2. The highest BCUT2D eigenvalue weighted by Gasteiger charge is 2.62. The van der Waals surface area contributed by atoms with Gasteiger partial charge in [0.25, 0.3) is 5.79 Å². The van der Waals surface area contributed by atoms with Crippen LogP contribution in [0, 0.1) is 11.8 Å². The van der Waals surface area contributed by atoms with Gasteiger partial charge < -0.3 is 205 Å². The molecule has 13 amide bonds. The highest BCUT2D eigenvalue weighted by Crippen LogP contribution is 2.40. The normalized spacial score (nSPS) is 30.7. The Hall–Kier alpha value is -9.60. The van der Waals surface area contributed by atoms with Crippen LogP contribution in [0.3, 0.4) is 0 Å². The van der Waals surface area contributed by atoms with Crippen LogP contribution in [0.4, 0.5) is 0 Å². The fraction of sp³-hybridized carbons (Fsp3) is 0.795. The Morgan fingerprint density at radius 3 is 1.63 bits per heavy atom. The summed E-state index contributed by atoms with van der Waals surface area (Å²) in [6.07, 6.45) is -40.2. The predicted molar refractivity (Wildman–Crippen MR) is 445 cm³/mol. The summed E-state index contributed by atoms with van der Waals surface area (Å²) in [5.41, 5.74) is 10.6. The summed E-state index contributed by atoms with van der Waals surface area (Å²) in [6, 6.07) is -18.8. The van der Waals surface area contributed by atoms with Gasteiger partial charge >= 0.3 is 11.9 Å². The van der Waals surface area contributed by atoms with Crippen LogP contribution >= 0.6 is 0 Å². The van der Waals surface area contributed by atoms with Crippen LogP contribution in [-0.4, -0.2) is 460 Å².